The average molecular weight is 277 g/mol. The average Bonchev–Trinajstić information content (AvgIpc) is 2.62. The Morgan fingerprint density at radius 3 is 2.83 bits per heavy atom. The molecular weight excluding hydrogens is 254 g/mol. The molecule has 1 atom stereocenters. The van der Waals surface area contributed by atoms with Crippen molar-refractivity contribution in [2.45, 2.75) is 18.1 Å². The third-order valence-electron chi connectivity index (χ3n) is 2.71. The van der Waals surface area contributed by atoms with Crippen molar-refractivity contribution < 1.29 is 17.2 Å². The number of amides is 3. The summed E-state index contributed by atoms with van der Waals surface area (Å²) in [6.07, 6.45) is 0.419. The summed E-state index contributed by atoms with van der Waals surface area (Å²) < 4.78 is 0. The molecule has 1 unspecified atom stereocenters. The number of hydrogen-bond acceptors (Lipinski definition) is 5. The first-order valence-electron chi connectivity index (χ1n) is 5.91. The van der Waals surface area contributed by atoms with Gasteiger partial charge in [-0.3, -0.25) is 19.3 Å². The molecule has 0 aromatic rings. The summed E-state index contributed by atoms with van der Waals surface area (Å²) in [5, 5.41) is 5.18. The Balaban J connectivity index is 0. The van der Waals surface area contributed by atoms with Crippen molar-refractivity contribution in [2.75, 3.05) is 32.9 Å². The summed E-state index contributed by atoms with van der Waals surface area (Å²) in [7, 11) is 3.38. The lowest BCUT2D eigenvalue weighted by Crippen LogP contribution is -2.35. The molecule has 0 saturated carbocycles. The minimum atomic E-state index is -0.282. The Morgan fingerprint density at radius 2 is 2.22 bits per heavy atom. The Labute approximate surface area is 114 Å². The van der Waals surface area contributed by atoms with Crippen LogP contribution in [-0.2, 0) is 14.4 Å². The van der Waals surface area contributed by atoms with Gasteiger partial charge in [0.2, 0.25) is 17.7 Å². The van der Waals surface area contributed by atoms with Gasteiger partial charge in [0, 0.05) is 41.6 Å². The van der Waals surface area contributed by atoms with Crippen molar-refractivity contribution >= 4 is 29.5 Å². The van der Waals surface area contributed by atoms with Crippen LogP contribution in [-0.4, -0.2) is 60.8 Å². The second-order valence-electron chi connectivity index (χ2n) is 3.97. The van der Waals surface area contributed by atoms with Crippen LogP contribution in [0.3, 0.4) is 0 Å². The van der Waals surface area contributed by atoms with E-state index in [1.54, 1.807) is 0 Å². The number of nitrogens with one attached hydrogen (secondary N) is 2. The smallest absolute Gasteiger partial charge is 0.242 e. The molecule has 0 aromatic heterocycles. The van der Waals surface area contributed by atoms with E-state index in [1.165, 1.54) is 23.7 Å². The fourth-order valence-electron chi connectivity index (χ4n) is 1.66. The van der Waals surface area contributed by atoms with Crippen molar-refractivity contribution in [2.24, 2.45) is 0 Å². The highest BCUT2D eigenvalue weighted by atomic mass is 32.2. The highest BCUT2D eigenvalue weighted by Gasteiger charge is 2.38. The lowest BCUT2D eigenvalue weighted by Gasteiger charge is -2.14. The molecule has 0 aliphatic carbocycles. The first-order chi connectivity index (χ1) is 8.60. The third-order valence-corrected chi connectivity index (χ3v) is 3.93. The van der Waals surface area contributed by atoms with Crippen LogP contribution in [0.4, 0.5) is 0 Å². The zero-order chi connectivity index (χ0) is 13.5. The van der Waals surface area contributed by atoms with Crippen LogP contribution in [0.15, 0.2) is 0 Å². The lowest BCUT2D eigenvalue weighted by atomic mass is 10.3. The summed E-state index contributed by atoms with van der Waals surface area (Å²) >= 11 is 1.49. The molecule has 0 radical (unpaired) electrons. The Kier molecular flexibility index (Phi) is 6.14. The van der Waals surface area contributed by atoms with Crippen molar-refractivity contribution in [1.82, 2.24) is 15.5 Å². The molecule has 1 fully saturated rings. The van der Waals surface area contributed by atoms with Crippen LogP contribution < -0.4 is 10.6 Å². The van der Waals surface area contributed by atoms with Crippen LogP contribution in [0.1, 0.15) is 15.7 Å². The molecule has 0 spiro atoms. The molecule has 106 valence electrons. The lowest BCUT2D eigenvalue weighted by molar-refractivity contribution is -0.138. The molecule has 6 nitrogen and oxygen atoms in total. The van der Waals surface area contributed by atoms with E-state index in [4.69, 9.17) is 0 Å². The van der Waals surface area contributed by atoms with Gasteiger partial charge in [0.1, 0.15) is 0 Å². The number of thioether (sulfide) groups is 1. The quantitative estimate of drug-likeness (QED) is 0.493. The molecule has 18 heavy (non-hydrogen) atoms. The van der Waals surface area contributed by atoms with Gasteiger partial charge < -0.3 is 10.6 Å². The minimum Gasteiger partial charge on any atom is -0.359 e. The monoisotopic (exact) mass is 277 g/mol. The highest BCUT2D eigenvalue weighted by Crippen LogP contribution is 2.24. The van der Waals surface area contributed by atoms with E-state index in [9.17, 15) is 14.4 Å². The summed E-state index contributed by atoms with van der Waals surface area (Å²) in [6, 6.07) is 0. The van der Waals surface area contributed by atoms with E-state index in [0.717, 1.165) is 12.3 Å². The first kappa shape index (κ1) is 15.0. The largest absolute Gasteiger partial charge is 0.359 e. The maximum absolute atomic E-state index is 11.9. The fourth-order valence-corrected chi connectivity index (χ4v) is 2.80. The van der Waals surface area contributed by atoms with Gasteiger partial charge >= 0.3 is 0 Å². The molecule has 7 heteroatoms. The van der Waals surface area contributed by atoms with E-state index >= 15 is 0 Å². The van der Waals surface area contributed by atoms with Gasteiger partial charge in [-0.1, -0.05) is 0 Å². The Bertz CT molecular complexity index is 345. The zero-order valence-electron chi connectivity index (χ0n) is 10.7. The predicted molar refractivity (Wildman–Crippen MR) is 74.4 cm³/mol. The topological polar surface area (TPSA) is 78.5 Å². The highest BCUT2D eigenvalue weighted by molar-refractivity contribution is 8.00. The summed E-state index contributed by atoms with van der Waals surface area (Å²) in [4.78, 5) is 35.9. The van der Waals surface area contributed by atoms with Crippen LogP contribution in [0.5, 0.6) is 0 Å². The van der Waals surface area contributed by atoms with Gasteiger partial charge in [0.15, 0.2) is 0 Å². The SMILES string of the molecule is CNCCSC1CC(=O)N(CCC(=O)NC)C1=O.[HH].[HH]. The normalized spacial score (nSPS) is 19.4. The zero-order valence-corrected chi connectivity index (χ0v) is 11.5. The Morgan fingerprint density at radius 1 is 1.50 bits per heavy atom. The number of imide groups is 1. The van der Waals surface area contributed by atoms with E-state index < -0.39 is 0 Å². The second-order valence-corrected chi connectivity index (χ2v) is 5.28. The van der Waals surface area contributed by atoms with Gasteiger partial charge in [-0.2, -0.15) is 0 Å². The van der Waals surface area contributed by atoms with Gasteiger partial charge in [0.05, 0.1) is 5.25 Å². The van der Waals surface area contributed by atoms with Gasteiger partial charge in [-0.05, 0) is 7.05 Å². The van der Waals surface area contributed by atoms with E-state index in [0.29, 0.717) is 0 Å². The molecule has 3 amide bonds. The number of likely N-dealkylation sites (tertiary alicyclic amines) is 1. The van der Waals surface area contributed by atoms with Crippen LogP contribution in [0.25, 0.3) is 0 Å². The van der Waals surface area contributed by atoms with Crippen LogP contribution in [0.2, 0.25) is 0 Å². The molecule has 0 aromatic carbocycles. The Hall–Kier alpha value is -1.08. The van der Waals surface area contributed by atoms with Crippen molar-refractivity contribution in [3.63, 3.8) is 0 Å². The van der Waals surface area contributed by atoms with Gasteiger partial charge in [-0.25, -0.2) is 0 Å². The van der Waals surface area contributed by atoms with Crippen LogP contribution >= 0.6 is 11.8 Å². The molecule has 2 N–H and O–H groups in total. The molecular formula is C11H23N3O3S. The van der Waals surface area contributed by atoms with Crippen molar-refractivity contribution in [1.29, 1.82) is 0 Å². The first-order valence-corrected chi connectivity index (χ1v) is 6.96. The van der Waals surface area contributed by atoms with Gasteiger partial charge in [0.25, 0.3) is 0 Å². The standard InChI is InChI=1S/C11H19N3O3S.2H2/c1-12-4-6-18-8-7-10(16)14(11(8)17)5-3-9(15)13-2;;/h8,12H,3-7H2,1-2H3,(H,13,15);2*1H. The maximum atomic E-state index is 11.9. The molecule has 1 aliphatic rings. The molecule has 1 heterocycles. The van der Waals surface area contributed by atoms with Gasteiger partial charge in [-0.15, -0.1) is 11.8 Å². The van der Waals surface area contributed by atoms with E-state index in [2.05, 4.69) is 10.6 Å². The third kappa shape index (κ3) is 3.99. The van der Waals surface area contributed by atoms with E-state index in [1.807, 2.05) is 7.05 Å². The fraction of sp³-hybridized carbons (Fsp3) is 0.727. The number of nitrogens with zero attached hydrogens (tertiary/aromatic N) is 1. The predicted octanol–water partition coefficient (Wildman–Crippen LogP) is -0.305. The van der Waals surface area contributed by atoms with Crippen molar-refractivity contribution in [3.05, 3.63) is 0 Å². The summed E-state index contributed by atoms with van der Waals surface area (Å²) in [5.41, 5.74) is 0. The van der Waals surface area contributed by atoms with E-state index in [-0.39, 0.29) is 45.2 Å². The maximum Gasteiger partial charge on any atom is 0.242 e. The summed E-state index contributed by atoms with van der Waals surface area (Å²) in [6.45, 7) is 0.987. The minimum absolute atomic E-state index is 0. The number of carbonyl (C=O) groups excluding carboxylic acids is 3. The number of rotatable bonds is 7. The molecule has 1 aliphatic heterocycles. The van der Waals surface area contributed by atoms with Crippen molar-refractivity contribution in [3.8, 4) is 0 Å². The number of hydrogen-bond donors (Lipinski definition) is 2. The summed E-state index contributed by atoms with van der Waals surface area (Å²) in [5.74, 6) is 0.293. The molecule has 1 saturated heterocycles. The molecule has 1 rings (SSSR count). The second kappa shape index (κ2) is 7.38. The number of carbonyl (C=O) groups is 3. The van der Waals surface area contributed by atoms with Crippen LogP contribution in [0, 0.1) is 0 Å². The molecule has 0 bridgehead atoms.